The molecule has 1 aliphatic rings. The van der Waals surface area contributed by atoms with Crippen molar-refractivity contribution in [2.45, 2.75) is 46.0 Å². The van der Waals surface area contributed by atoms with E-state index in [0.717, 1.165) is 43.8 Å². The lowest BCUT2D eigenvalue weighted by Crippen LogP contribution is -2.39. The number of rotatable bonds is 11. The van der Waals surface area contributed by atoms with Gasteiger partial charge >= 0.3 is 0 Å². The summed E-state index contributed by atoms with van der Waals surface area (Å²) in [6, 6.07) is 0. The third-order valence-corrected chi connectivity index (χ3v) is 6.90. The second-order valence-electron chi connectivity index (χ2n) is 6.48. The van der Waals surface area contributed by atoms with Crippen LogP contribution in [-0.4, -0.2) is 51.3 Å². The highest BCUT2D eigenvalue weighted by Crippen LogP contribution is 2.25. The van der Waals surface area contributed by atoms with E-state index in [1.54, 1.807) is 11.3 Å². The molecule has 27 heavy (non-hydrogen) atoms. The van der Waals surface area contributed by atoms with Crippen LogP contribution in [0, 0.1) is 5.92 Å². The van der Waals surface area contributed by atoms with E-state index in [-0.39, 0.29) is 36.3 Å². The Labute approximate surface area is 184 Å². The molecule has 0 radical (unpaired) electrons. The molecular weight excluding hydrogens is 497 g/mol. The minimum absolute atomic E-state index is 0. The smallest absolute Gasteiger partial charge is 0.213 e. The monoisotopic (exact) mass is 529 g/mol. The van der Waals surface area contributed by atoms with Gasteiger partial charge in [-0.05, 0) is 32.1 Å². The summed E-state index contributed by atoms with van der Waals surface area (Å²) in [4.78, 5) is 10.1. The number of nitrogens with one attached hydrogen (secondary N) is 3. The van der Waals surface area contributed by atoms with Gasteiger partial charge in [0.25, 0.3) is 0 Å². The van der Waals surface area contributed by atoms with Gasteiger partial charge in [0, 0.05) is 37.1 Å². The predicted octanol–water partition coefficient (Wildman–Crippen LogP) is 2.14. The highest BCUT2D eigenvalue weighted by Gasteiger charge is 2.19. The zero-order valence-corrected chi connectivity index (χ0v) is 20.1. The van der Waals surface area contributed by atoms with Gasteiger partial charge in [0.15, 0.2) is 5.96 Å². The molecule has 3 N–H and O–H groups in total. The molecule has 1 aromatic rings. The number of aromatic nitrogens is 1. The lowest BCUT2D eigenvalue weighted by molar-refractivity contribution is 0.316. The fraction of sp³-hybridized carbons (Fsp3) is 0.765. The highest BCUT2D eigenvalue weighted by atomic mass is 127. The predicted molar refractivity (Wildman–Crippen MR) is 124 cm³/mol. The molecule has 2 rings (SSSR count). The number of hydrogen-bond acceptors (Lipinski definition) is 5. The SMILES string of the molecule is CCNC(=NCCS(=O)(=O)NCC1CCC1)NCCc1ncc(CC)s1.I. The van der Waals surface area contributed by atoms with Gasteiger partial charge in [-0.2, -0.15) is 0 Å². The maximum atomic E-state index is 12.0. The molecule has 1 aromatic heterocycles. The molecule has 0 spiro atoms. The molecule has 0 unspecified atom stereocenters. The van der Waals surface area contributed by atoms with Crippen LogP contribution < -0.4 is 15.4 Å². The molecule has 1 fully saturated rings. The number of halogens is 1. The number of nitrogens with zero attached hydrogens (tertiary/aromatic N) is 2. The maximum absolute atomic E-state index is 12.0. The minimum Gasteiger partial charge on any atom is -0.357 e. The summed E-state index contributed by atoms with van der Waals surface area (Å²) in [5.74, 6) is 1.18. The molecule has 0 atom stereocenters. The van der Waals surface area contributed by atoms with Crippen LogP contribution in [0.25, 0.3) is 0 Å². The zero-order chi connectivity index (χ0) is 18.8. The van der Waals surface area contributed by atoms with Crippen molar-refractivity contribution < 1.29 is 8.42 Å². The normalized spacial score (nSPS) is 15.1. The highest BCUT2D eigenvalue weighted by molar-refractivity contribution is 14.0. The summed E-state index contributed by atoms with van der Waals surface area (Å²) in [7, 11) is -3.25. The van der Waals surface area contributed by atoms with E-state index in [1.807, 2.05) is 13.1 Å². The largest absolute Gasteiger partial charge is 0.357 e. The molecule has 1 heterocycles. The van der Waals surface area contributed by atoms with Crippen molar-refractivity contribution in [3.8, 4) is 0 Å². The lowest BCUT2D eigenvalue weighted by Gasteiger charge is -2.25. The van der Waals surface area contributed by atoms with Crippen LogP contribution in [-0.2, 0) is 22.9 Å². The van der Waals surface area contributed by atoms with Crippen molar-refractivity contribution >= 4 is 51.3 Å². The molecule has 0 amide bonds. The van der Waals surface area contributed by atoms with Gasteiger partial charge in [-0.15, -0.1) is 35.3 Å². The lowest BCUT2D eigenvalue weighted by atomic mass is 9.86. The van der Waals surface area contributed by atoms with Crippen LogP contribution >= 0.6 is 35.3 Å². The molecule has 10 heteroatoms. The van der Waals surface area contributed by atoms with Crippen LogP contribution in [0.2, 0.25) is 0 Å². The Morgan fingerprint density at radius 3 is 2.70 bits per heavy atom. The van der Waals surface area contributed by atoms with Crippen LogP contribution in [0.3, 0.4) is 0 Å². The Morgan fingerprint density at radius 1 is 1.33 bits per heavy atom. The zero-order valence-electron chi connectivity index (χ0n) is 16.2. The van der Waals surface area contributed by atoms with Crippen molar-refractivity contribution in [1.29, 1.82) is 0 Å². The van der Waals surface area contributed by atoms with Crippen LogP contribution in [0.4, 0.5) is 0 Å². The number of thiazole rings is 1. The summed E-state index contributed by atoms with van der Waals surface area (Å²) in [6.45, 7) is 6.37. The summed E-state index contributed by atoms with van der Waals surface area (Å²) in [5.41, 5.74) is 0. The van der Waals surface area contributed by atoms with Gasteiger partial charge in [0.1, 0.15) is 0 Å². The second kappa shape index (κ2) is 12.9. The molecular formula is C17H32IN5O2S2. The van der Waals surface area contributed by atoms with E-state index in [2.05, 4.69) is 32.3 Å². The Balaban J connectivity index is 0.00000364. The van der Waals surface area contributed by atoms with Crippen molar-refractivity contribution in [3.63, 3.8) is 0 Å². The molecule has 0 bridgehead atoms. The molecule has 156 valence electrons. The third-order valence-electron chi connectivity index (χ3n) is 4.37. The van der Waals surface area contributed by atoms with Gasteiger partial charge in [-0.3, -0.25) is 4.99 Å². The van der Waals surface area contributed by atoms with E-state index >= 15 is 0 Å². The first-order valence-electron chi connectivity index (χ1n) is 9.45. The fourth-order valence-electron chi connectivity index (χ4n) is 2.55. The number of aliphatic imine (C=N–C) groups is 1. The van der Waals surface area contributed by atoms with Gasteiger partial charge in [-0.1, -0.05) is 13.3 Å². The van der Waals surface area contributed by atoms with E-state index in [4.69, 9.17) is 0 Å². The number of hydrogen-bond donors (Lipinski definition) is 3. The van der Waals surface area contributed by atoms with Crippen molar-refractivity contribution in [2.75, 3.05) is 31.9 Å². The van der Waals surface area contributed by atoms with Gasteiger partial charge in [0.05, 0.1) is 17.3 Å². The summed E-state index contributed by atoms with van der Waals surface area (Å²) >= 11 is 1.73. The van der Waals surface area contributed by atoms with Crippen LogP contribution in [0.1, 0.15) is 43.0 Å². The first kappa shape index (κ1) is 24.6. The van der Waals surface area contributed by atoms with Gasteiger partial charge < -0.3 is 10.6 Å². The summed E-state index contributed by atoms with van der Waals surface area (Å²) < 4.78 is 26.7. The quantitative estimate of drug-likeness (QED) is 0.232. The Bertz CT molecular complexity index is 675. The Morgan fingerprint density at radius 2 is 2.11 bits per heavy atom. The molecule has 0 aliphatic heterocycles. The van der Waals surface area contributed by atoms with Gasteiger partial charge in [0.2, 0.25) is 10.0 Å². The van der Waals surface area contributed by atoms with Gasteiger partial charge in [-0.25, -0.2) is 18.1 Å². The standard InChI is InChI=1S/C17H31N5O2S2.HI/c1-3-15-13-21-16(25-15)8-9-19-17(18-4-2)20-10-11-26(23,24)22-12-14-6-5-7-14;/h13-14,22H,3-12H2,1-2H3,(H2,18,19,20);1H. The minimum atomic E-state index is -3.25. The van der Waals surface area contributed by atoms with Crippen molar-refractivity contribution in [2.24, 2.45) is 10.9 Å². The van der Waals surface area contributed by atoms with Crippen LogP contribution in [0.5, 0.6) is 0 Å². The summed E-state index contributed by atoms with van der Waals surface area (Å²) in [6.07, 6.45) is 7.26. The first-order chi connectivity index (χ1) is 12.5. The summed E-state index contributed by atoms with van der Waals surface area (Å²) in [5, 5.41) is 7.49. The molecule has 0 saturated heterocycles. The van der Waals surface area contributed by atoms with E-state index in [0.29, 0.717) is 18.4 Å². The van der Waals surface area contributed by atoms with E-state index < -0.39 is 10.0 Å². The maximum Gasteiger partial charge on any atom is 0.213 e. The number of aryl methyl sites for hydroxylation is 1. The topological polar surface area (TPSA) is 95.5 Å². The third kappa shape index (κ3) is 9.53. The molecule has 0 aromatic carbocycles. The van der Waals surface area contributed by atoms with Crippen molar-refractivity contribution in [1.82, 2.24) is 20.3 Å². The van der Waals surface area contributed by atoms with E-state index in [1.165, 1.54) is 11.3 Å². The molecule has 1 saturated carbocycles. The fourth-order valence-corrected chi connectivity index (χ4v) is 4.38. The Hall–Kier alpha value is -0.460. The molecule has 7 nitrogen and oxygen atoms in total. The average Bonchev–Trinajstić information content (AvgIpc) is 3.01. The second-order valence-corrected chi connectivity index (χ2v) is 9.60. The number of guanidine groups is 1. The van der Waals surface area contributed by atoms with Crippen LogP contribution in [0.15, 0.2) is 11.2 Å². The van der Waals surface area contributed by atoms with E-state index in [9.17, 15) is 8.42 Å². The average molecular weight is 530 g/mol. The number of sulfonamides is 1. The van der Waals surface area contributed by atoms with Crippen molar-refractivity contribution in [3.05, 3.63) is 16.1 Å². The Kier molecular flexibility index (Phi) is 11.7. The molecule has 1 aliphatic carbocycles. The first-order valence-corrected chi connectivity index (χ1v) is 11.9.